The molecule has 3 rings (SSSR count). The molecular formula is C15H18O2. The summed E-state index contributed by atoms with van der Waals surface area (Å²) in [7, 11) is 0. The minimum absolute atomic E-state index is 0.395. The van der Waals surface area contributed by atoms with Gasteiger partial charge in [0.25, 0.3) is 0 Å². The number of ether oxygens (including phenoxy) is 2. The van der Waals surface area contributed by atoms with Gasteiger partial charge in [0.1, 0.15) is 0 Å². The van der Waals surface area contributed by atoms with E-state index in [1.165, 1.54) is 24.0 Å². The third kappa shape index (κ3) is 2.15. The molecule has 0 N–H and O–H groups in total. The van der Waals surface area contributed by atoms with Crippen molar-refractivity contribution in [3.05, 3.63) is 41.5 Å². The topological polar surface area (TPSA) is 18.5 Å². The SMILES string of the molecule is C(=C1CCCCC12OCCO2)c1ccccc1. The van der Waals surface area contributed by atoms with E-state index >= 15 is 0 Å². The van der Waals surface area contributed by atoms with Gasteiger partial charge in [0, 0.05) is 6.42 Å². The fourth-order valence-electron chi connectivity index (χ4n) is 2.74. The lowest BCUT2D eigenvalue weighted by molar-refractivity contribution is -0.139. The van der Waals surface area contributed by atoms with Crippen LogP contribution in [-0.2, 0) is 9.47 Å². The predicted octanol–water partition coefficient (Wildman–Crippen LogP) is 3.39. The summed E-state index contributed by atoms with van der Waals surface area (Å²) < 4.78 is 11.8. The zero-order valence-corrected chi connectivity index (χ0v) is 10.0. The van der Waals surface area contributed by atoms with Crippen molar-refractivity contribution in [2.45, 2.75) is 31.5 Å². The molecule has 2 aliphatic rings. The quantitative estimate of drug-likeness (QED) is 0.736. The summed E-state index contributed by atoms with van der Waals surface area (Å²) in [4.78, 5) is 0. The van der Waals surface area contributed by atoms with Crippen molar-refractivity contribution in [1.82, 2.24) is 0 Å². The highest BCUT2D eigenvalue weighted by molar-refractivity contribution is 5.55. The fourth-order valence-corrected chi connectivity index (χ4v) is 2.74. The van der Waals surface area contributed by atoms with Crippen LogP contribution < -0.4 is 0 Å². The first-order chi connectivity index (χ1) is 8.39. The Morgan fingerprint density at radius 2 is 1.76 bits per heavy atom. The summed E-state index contributed by atoms with van der Waals surface area (Å²) in [6.07, 6.45) is 6.78. The van der Waals surface area contributed by atoms with Gasteiger partial charge in [-0.15, -0.1) is 0 Å². The zero-order chi connectivity index (χ0) is 11.6. The largest absolute Gasteiger partial charge is 0.344 e. The minimum atomic E-state index is -0.395. The molecule has 0 amide bonds. The van der Waals surface area contributed by atoms with Crippen molar-refractivity contribution in [2.75, 3.05) is 13.2 Å². The molecule has 17 heavy (non-hydrogen) atoms. The highest BCUT2D eigenvalue weighted by Gasteiger charge is 2.41. The van der Waals surface area contributed by atoms with Gasteiger partial charge in [0.2, 0.25) is 0 Å². The molecule has 1 aromatic rings. The average molecular weight is 230 g/mol. The monoisotopic (exact) mass is 230 g/mol. The Hall–Kier alpha value is -1.12. The van der Waals surface area contributed by atoms with Gasteiger partial charge in [0.15, 0.2) is 5.79 Å². The number of benzene rings is 1. The van der Waals surface area contributed by atoms with E-state index in [9.17, 15) is 0 Å². The maximum Gasteiger partial charge on any atom is 0.191 e. The molecule has 2 heteroatoms. The van der Waals surface area contributed by atoms with Gasteiger partial charge in [-0.3, -0.25) is 0 Å². The van der Waals surface area contributed by atoms with Gasteiger partial charge < -0.3 is 9.47 Å². The minimum Gasteiger partial charge on any atom is -0.344 e. The van der Waals surface area contributed by atoms with Crippen molar-refractivity contribution in [3.63, 3.8) is 0 Å². The average Bonchev–Trinajstić information content (AvgIpc) is 2.83. The smallest absolute Gasteiger partial charge is 0.191 e. The second-order valence-corrected chi connectivity index (χ2v) is 4.74. The van der Waals surface area contributed by atoms with E-state index in [1.54, 1.807) is 0 Å². The second-order valence-electron chi connectivity index (χ2n) is 4.74. The molecule has 0 atom stereocenters. The van der Waals surface area contributed by atoms with Crippen LogP contribution in [0.3, 0.4) is 0 Å². The fraction of sp³-hybridized carbons (Fsp3) is 0.467. The lowest BCUT2D eigenvalue weighted by Gasteiger charge is -2.34. The van der Waals surface area contributed by atoms with Crippen molar-refractivity contribution in [3.8, 4) is 0 Å². The Bertz CT molecular complexity index is 402. The Balaban J connectivity index is 1.91. The first-order valence-electron chi connectivity index (χ1n) is 6.43. The lowest BCUT2D eigenvalue weighted by atomic mass is 9.87. The van der Waals surface area contributed by atoms with Crippen molar-refractivity contribution < 1.29 is 9.47 Å². The van der Waals surface area contributed by atoms with Gasteiger partial charge in [-0.1, -0.05) is 36.4 Å². The molecule has 0 bridgehead atoms. The Morgan fingerprint density at radius 3 is 2.53 bits per heavy atom. The molecule has 0 unspecified atom stereocenters. The van der Waals surface area contributed by atoms with Crippen LogP contribution >= 0.6 is 0 Å². The molecule has 0 radical (unpaired) electrons. The summed E-state index contributed by atoms with van der Waals surface area (Å²) in [5, 5.41) is 0. The highest BCUT2D eigenvalue weighted by Crippen LogP contribution is 2.40. The van der Waals surface area contributed by atoms with Crippen LogP contribution in [0.5, 0.6) is 0 Å². The maximum absolute atomic E-state index is 5.88. The molecule has 1 heterocycles. The first kappa shape index (κ1) is 11.0. The predicted molar refractivity (Wildman–Crippen MR) is 67.5 cm³/mol. The molecular weight excluding hydrogens is 212 g/mol. The van der Waals surface area contributed by atoms with Crippen LogP contribution in [-0.4, -0.2) is 19.0 Å². The van der Waals surface area contributed by atoms with E-state index in [0.29, 0.717) is 0 Å². The molecule has 90 valence electrons. The summed E-state index contributed by atoms with van der Waals surface area (Å²) in [5.41, 5.74) is 2.55. The van der Waals surface area contributed by atoms with Crippen LogP contribution in [0.25, 0.3) is 6.08 Å². The standard InChI is InChI=1S/C15H18O2/c1-2-6-13(7-3-1)12-14-8-4-5-9-15(14)16-10-11-17-15/h1-3,6-7,12H,4-5,8-11H2. The third-order valence-corrected chi connectivity index (χ3v) is 3.59. The van der Waals surface area contributed by atoms with E-state index in [0.717, 1.165) is 26.1 Å². The molecule has 2 fully saturated rings. The van der Waals surface area contributed by atoms with Crippen LogP contribution in [0.2, 0.25) is 0 Å². The Kier molecular flexibility index (Phi) is 3.00. The molecule has 1 saturated carbocycles. The van der Waals surface area contributed by atoms with E-state index < -0.39 is 5.79 Å². The van der Waals surface area contributed by atoms with Gasteiger partial charge in [-0.2, -0.15) is 0 Å². The number of rotatable bonds is 1. The molecule has 1 aliphatic carbocycles. The van der Waals surface area contributed by atoms with Crippen LogP contribution in [0, 0.1) is 0 Å². The summed E-state index contributed by atoms with van der Waals surface area (Å²) in [6, 6.07) is 10.4. The third-order valence-electron chi connectivity index (χ3n) is 3.59. The van der Waals surface area contributed by atoms with Crippen LogP contribution in [0.4, 0.5) is 0 Å². The van der Waals surface area contributed by atoms with Crippen molar-refractivity contribution >= 4 is 6.08 Å². The molecule has 1 spiro atoms. The molecule has 1 aliphatic heterocycles. The van der Waals surface area contributed by atoms with E-state index in [-0.39, 0.29) is 0 Å². The van der Waals surface area contributed by atoms with Gasteiger partial charge in [-0.05, 0) is 30.4 Å². The van der Waals surface area contributed by atoms with E-state index in [4.69, 9.17) is 9.47 Å². The van der Waals surface area contributed by atoms with Crippen LogP contribution in [0.15, 0.2) is 35.9 Å². The lowest BCUT2D eigenvalue weighted by Crippen LogP contribution is -2.35. The van der Waals surface area contributed by atoms with Crippen LogP contribution in [0.1, 0.15) is 31.2 Å². The summed E-state index contributed by atoms with van der Waals surface area (Å²) >= 11 is 0. The molecule has 0 aromatic heterocycles. The summed E-state index contributed by atoms with van der Waals surface area (Å²) in [5.74, 6) is -0.395. The number of hydrogen-bond donors (Lipinski definition) is 0. The Morgan fingerprint density at radius 1 is 1.00 bits per heavy atom. The van der Waals surface area contributed by atoms with Crippen molar-refractivity contribution in [2.24, 2.45) is 0 Å². The molecule has 1 aromatic carbocycles. The maximum atomic E-state index is 5.88. The first-order valence-corrected chi connectivity index (χ1v) is 6.43. The van der Waals surface area contributed by atoms with Gasteiger partial charge >= 0.3 is 0 Å². The van der Waals surface area contributed by atoms with Gasteiger partial charge in [0.05, 0.1) is 13.2 Å². The normalized spacial score (nSPS) is 25.5. The molecule has 2 nitrogen and oxygen atoms in total. The van der Waals surface area contributed by atoms with Crippen molar-refractivity contribution in [1.29, 1.82) is 0 Å². The zero-order valence-electron chi connectivity index (χ0n) is 10.0. The summed E-state index contributed by atoms with van der Waals surface area (Å²) in [6.45, 7) is 1.46. The second kappa shape index (κ2) is 4.63. The number of hydrogen-bond acceptors (Lipinski definition) is 2. The van der Waals surface area contributed by atoms with E-state index in [1.807, 2.05) is 6.07 Å². The highest BCUT2D eigenvalue weighted by atomic mass is 16.7. The molecule has 1 saturated heterocycles. The van der Waals surface area contributed by atoms with E-state index in [2.05, 4.69) is 30.3 Å². The van der Waals surface area contributed by atoms with Gasteiger partial charge in [-0.25, -0.2) is 0 Å². The Labute approximate surface area is 102 Å².